The molecule has 3 heterocycles. The SMILES string of the molecule is Cn1cnc([C@@H]2CN(c3ncccc3Br)C[C@H]2N)c1.O=C(O)C(F)(F)F. The van der Waals surface area contributed by atoms with Gasteiger partial charge >= 0.3 is 12.1 Å². The van der Waals surface area contributed by atoms with Gasteiger partial charge in [-0.3, -0.25) is 0 Å². The summed E-state index contributed by atoms with van der Waals surface area (Å²) in [5.41, 5.74) is 7.32. The Morgan fingerprint density at radius 3 is 2.54 bits per heavy atom. The Balaban J connectivity index is 0.000000298. The molecule has 1 aliphatic rings. The Hall–Kier alpha value is -2.14. The van der Waals surface area contributed by atoms with Gasteiger partial charge < -0.3 is 20.3 Å². The smallest absolute Gasteiger partial charge is 0.475 e. The van der Waals surface area contributed by atoms with Crippen molar-refractivity contribution in [2.45, 2.75) is 18.1 Å². The summed E-state index contributed by atoms with van der Waals surface area (Å²) in [5.74, 6) is -1.54. The van der Waals surface area contributed by atoms with Crippen molar-refractivity contribution in [1.29, 1.82) is 0 Å². The predicted octanol–water partition coefficient (Wildman–Crippen LogP) is 2.14. The monoisotopic (exact) mass is 435 g/mol. The Kier molecular flexibility index (Phi) is 6.24. The lowest BCUT2D eigenvalue weighted by Gasteiger charge is -2.18. The Labute approximate surface area is 155 Å². The average Bonchev–Trinajstić information content (AvgIpc) is 3.13. The van der Waals surface area contributed by atoms with Crippen molar-refractivity contribution in [3.8, 4) is 0 Å². The van der Waals surface area contributed by atoms with E-state index in [4.69, 9.17) is 15.6 Å². The lowest BCUT2D eigenvalue weighted by atomic mass is 10.0. The Bertz CT molecular complexity index is 768. The number of aromatic nitrogens is 3. The molecule has 26 heavy (non-hydrogen) atoms. The summed E-state index contributed by atoms with van der Waals surface area (Å²) in [4.78, 5) is 20.0. The van der Waals surface area contributed by atoms with Crippen LogP contribution in [0.25, 0.3) is 0 Å². The number of rotatable bonds is 2. The topological polar surface area (TPSA) is 97.3 Å². The van der Waals surface area contributed by atoms with Gasteiger partial charge in [-0.2, -0.15) is 13.2 Å². The highest BCUT2D eigenvalue weighted by Crippen LogP contribution is 2.31. The molecule has 0 amide bonds. The lowest BCUT2D eigenvalue weighted by Crippen LogP contribution is -2.29. The molecule has 0 unspecified atom stereocenters. The van der Waals surface area contributed by atoms with Gasteiger partial charge in [-0.1, -0.05) is 0 Å². The summed E-state index contributed by atoms with van der Waals surface area (Å²) in [5, 5.41) is 7.12. The number of imidazole rings is 1. The fourth-order valence-electron chi connectivity index (χ4n) is 2.55. The van der Waals surface area contributed by atoms with Crippen LogP contribution in [0.2, 0.25) is 0 Å². The molecule has 2 aromatic heterocycles. The molecule has 0 bridgehead atoms. The number of carboxylic acid groups (broad SMARTS) is 1. The Morgan fingerprint density at radius 1 is 1.38 bits per heavy atom. The molecule has 0 saturated carbocycles. The second-order valence-electron chi connectivity index (χ2n) is 5.75. The zero-order valence-corrected chi connectivity index (χ0v) is 15.3. The quantitative estimate of drug-likeness (QED) is 0.749. The van der Waals surface area contributed by atoms with Crippen LogP contribution in [-0.2, 0) is 11.8 Å². The highest BCUT2D eigenvalue weighted by molar-refractivity contribution is 9.10. The van der Waals surface area contributed by atoms with E-state index in [1.807, 2.05) is 36.3 Å². The molecular weight excluding hydrogens is 419 g/mol. The zero-order valence-electron chi connectivity index (χ0n) is 13.7. The van der Waals surface area contributed by atoms with Crippen LogP contribution in [-0.4, -0.2) is 50.9 Å². The van der Waals surface area contributed by atoms with Crippen LogP contribution in [0.3, 0.4) is 0 Å². The van der Waals surface area contributed by atoms with Gasteiger partial charge in [-0.15, -0.1) is 0 Å². The van der Waals surface area contributed by atoms with Gasteiger partial charge in [-0.05, 0) is 28.1 Å². The van der Waals surface area contributed by atoms with Gasteiger partial charge in [0, 0.05) is 44.5 Å². The van der Waals surface area contributed by atoms with Crippen molar-refractivity contribution in [2.75, 3.05) is 18.0 Å². The fourth-order valence-corrected chi connectivity index (χ4v) is 3.06. The van der Waals surface area contributed by atoms with Crippen LogP contribution >= 0.6 is 15.9 Å². The number of hydrogen-bond acceptors (Lipinski definition) is 5. The van der Waals surface area contributed by atoms with Gasteiger partial charge in [0.2, 0.25) is 0 Å². The maximum Gasteiger partial charge on any atom is 0.490 e. The van der Waals surface area contributed by atoms with E-state index in [0.717, 1.165) is 29.1 Å². The molecule has 0 radical (unpaired) electrons. The van der Waals surface area contributed by atoms with Crippen molar-refractivity contribution in [3.63, 3.8) is 0 Å². The van der Waals surface area contributed by atoms with Gasteiger partial charge in [0.1, 0.15) is 5.82 Å². The number of anilines is 1. The first-order chi connectivity index (χ1) is 12.1. The molecule has 0 spiro atoms. The summed E-state index contributed by atoms with van der Waals surface area (Å²) >= 11 is 3.54. The van der Waals surface area contributed by atoms with Crippen LogP contribution in [0, 0.1) is 0 Å². The minimum absolute atomic E-state index is 0.0869. The third-order valence-electron chi connectivity index (χ3n) is 3.75. The van der Waals surface area contributed by atoms with Gasteiger partial charge in [0.25, 0.3) is 0 Å². The van der Waals surface area contributed by atoms with E-state index in [-0.39, 0.29) is 12.0 Å². The first kappa shape index (κ1) is 20.2. The molecular formula is C15H17BrF3N5O2. The number of halogens is 4. The number of carboxylic acids is 1. The van der Waals surface area contributed by atoms with Crippen molar-refractivity contribution in [3.05, 3.63) is 41.0 Å². The van der Waals surface area contributed by atoms with Crippen molar-refractivity contribution in [1.82, 2.24) is 14.5 Å². The maximum atomic E-state index is 10.6. The van der Waals surface area contributed by atoms with Crippen molar-refractivity contribution >= 4 is 27.7 Å². The summed E-state index contributed by atoms with van der Waals surface area (Å²) in [6, 6.07) is 4.01. The van der Waals surface area contributed by atoms with Crippen LogP contribution in [0.5, 0.6) is 0 Å². The molecule has 1 aliphatic heterocycles. The summed E-state index contributed by atoms with van der Waals surface area (Å²) in [6.45, 7) is 1.66. The van der Waals surface area contributed by atoms with E-state index in [9.17, 15) is 13.2 Å². The van der Waals surface area contributed by atoms with Crippen molar-refractivity contribution in [2.24, 2.45) is 12.8 Å². The number of nitrogens with zero attached hydrogens (tertiary/aromatic N) is 4. The molecule has 11 heteroatoms. The van der Waals surface area contributed by atoms with Gasteiger partial charge in [0.05, 0.1) is 16.5 Å². The lowest BCUT2D eigenvalue weighted by molar-refractivity contribution is -0.192. The van der Waals surface area contributed by atoms with Crippen LogP contribution in [0.15, 0.2) is 35.3 Å². The number of aliphatic carboxylic acids is 1. The van der Waals surface area contributed by atoms with Gasteiger partial charge in [-0.25, -0.2) is 14.8 Å². The molecule has 3 rings (SSSR count). The molecule has 1 saturated heterocycles. The van der Waals surface area contributed by atoms with E-state index in [2.05, 4.69) is 30.8 Å². The first-order valence-corrected chi connectivity index (χ1v) is 8.28. The summed E-state index contributed by atoms with van der Waals surface area (Å²) in [6.07, 6.45) is 0.586. The minimum Gasteiger partial charge on any atom is -0.475 e. The molecule has 0 aromatic carbocycles. The van der Waals surface area contributed by atoms with E-state index in [1.165, 1.54) is 0 Å². The van der Waals surface area contributed by atoms with E-state index >= 15 is 0 Å². The molecule has 2 atom stereocenters. The van der Waals surface area contributed by atoms with Crippen LogP contribution in [0.1, 0.15) is 11.6 Å². The molecule has 7 nitrogen and oxygen atoms in total. The second-order valence-corrected chi connectivity index (χ2v) is 6.61. The molecule has 2 aromatic rings. The number of aryl methyl sites for hydroxylation is 1. The fraction of sp³-hybridized carbons (Fsp3) is 0.400. The number of hydrogen-bond donors (Lipinski definition) is 2. The number of alkyl halides is 3. The highest BCUT2D eigenvalue weighted by atomic mass is 79.9. The van der Waals surface area contributed by atoms with E-state index in [0.29, 0.717) is 0 Å². The normalized spacial score (nSPS) is 19.8. The maximum absolute atomic E-state index is 10.6. The molecule has 3 N–H and O–H groups in total. The average molecular weight is 436 g/mol. The van der Waals surface area contributed by atoms with Crippen LogP contribution < -0.4 is 10.6 Å². The standard InChI is InChI=1S/C13H16BrN5.C2HF3O2/c1-18-7-12(17-8-18)9-5-19(6-11(9)15)13-10(14)3-2-4-16-13;3-2(4,5)1(6)7/h2-4,7-9,11H,5-6,15H2,1H3;(H,6,7)/t9-,11-;/m1./s1. The number of nitrogens with two attached hydrogens (primary N) is 1. The highest BCUT2D eigenvalue weighted by Gasteiger charge is 2.38. The van der Waals surface area contributed by atoms with Gasteiger partial charge in [0.15, 0.2) is 0 Å². The first-order valence-electron chi connectivity index (χ1n) is 7.48. The summed E-state index contributed by atoms with van der Waals surface area (Å²) < 4.78 is 34.7. The number of pyridine rings is 1. The minimum atomic E-state index is -5.08. The third kappa shape index (κ3) is 4.94. The predicted molar refractivity (Wildman–Crippen MR) is 91.8 cm³/mol. The summed E-state index contributed by atoms with van der Waals surface area (Å²) in [7, 11) is 1.98. The molecule has 142 valence electrons. The largest absolute Gasteiger partial charge is 0.490 e. The van der Waals surface area contributed by atoms with E-state index in [1.54, 1.807) is 6.20 Å². The number of carbonyl (C=O) groups is 1. The van der Waals surface area contributed by atoms with E-state index < -0.39 is 12.1 Å². The second kappa shape index (κ2) is 8.04. The zero-order chi connectivity index (χ0) is 19.5. The van der Waals surface area contributed by atoms with Crippen LogP contribution in [0.4, 0.5) is 19.0 Å². The van der Waals surface area contributed by atoms with Crippen molar-refractivity contribution < 1.29 is 23.1 Å². The molecule has 1 fully saturated rings. The molecule has 0 aliphatic carbocycles. The third-order valence-corrected chi connectivity index (χ3v) is 4.37. The Morgan fingerprint density at radius 2 is 2.04 bits per heavy atom.